The van der Waals surface area contributed by atoms with Crippen molar-refractivity contribution in [1.29, 1.82) is 0 Å². The van der Waals surface area contributed by atoms with Gasteiger partial charge in [0.05, 0.1) is 18.7 Å². The fourth-order valence-electron chi connectivity index (χ4n) is 4.43. The highest BCUT2D eigenvalue weighted by atomic mass is 16.5. The lowest BCUT2D eigenvalue weighted by Gasteiger charge is -2.33. The van der Waals surface area contributed by atoms with E-state index in [0.29, 0.717) is 12.1 Å². The van der Waals surface area contributed by atoms with Gasteiger partial charge in [-0.25, -0.2) is 9.59 Å². The number of aliphatic hydroxyl groups excluding tert-OH is 1. The summed E-state index contributed by atoms with van der Waals surface area (Å²) in [4.78, 5) is 64.4. The van der Waals surface area contributed by atoms with E-state index >= 15 is 0 Å². The number of nitrogens with one attached hydrogen (secondary N) is 2. The van der Waals surface area contributed by atoms with E-state index in [1.807, 2.05) is 0 Å². The second-order valence-corrected chi connectivity index (χ2v) is 9.18. The van der Waals surface area contributed by atoms with Crippen LogP contribution >= 0.6 is 0 Å². The Morgan fingerprint density at radius 1 is 1.21 bits per heavy atom. The van der Waals surface area contributed by atoms with E-state index in [-0.39, 0.29) is 50.3 Å². The van der Waals surface area contributed by atoms with Crippen molar-refractivity contribution in [2.45, 2.75) is 58.1 Å². The Kier molecular flexibility index (Phi) is 9.69. The van der Waals surface area contributed by atoms with Crippen LogP contribution in [-0.4, -0.2) is 101 Å². The Hall–Kier alpha value is -3.65. The SMILES string of the molecule is CCOC(=O)c1cccc2c1OB(O)[C@@H](NC(=O)CC(C[C@@H](C)O)NC(=O)N1CCN(CC)C(=O)C1=O)C2. The predicted octanol–water partition coefficient (Wildman–Crippen LogP) is -0.767. The molecule has 0 saturated carbocycles. The van der Waals surface area contributed by atoms with Gasteiger partial charge in [-0.1, -0.05) is 12.1 Å². The number of fused-ring (bicyclic) bond motifs is 1. The summed E-state index contributed by atoms with van der Waals surface area (Å²) in [6.07, 6.45) is -0.973. The number of amides is 5. The van der Waals surface area contributed by atoms with E-state index in [9.17, 15) is 34.1 Å². The van der Waals surface area contributed by atoms with Crippen molar-refractivity contribution in [1.82, 2.24) is 20.4 Å². The highest BCUT2D eigenvalue weighted by molar-refractivity contribution is 6.47. The molecule has 3 rings (SSSR count). The number of rotatable bonds is 9. The third-order valence-corrected chi connectivity index (χ3v) is 6.28. The smallest absolute Gasteiger partial charge is 0.534 e. The van der Waals surface area contributed by atoms with Crippen LogP contribution < -0.4 is 15.3 Å². The van der Waals surface area contributed by atoms with Crippen molar-refractivity contribution >= 4 is 36.8 Å². The van der Waals surface area contributed by atoms with Gasteiger partial charge in [0.2, 0.25) is 5.91 Å². The molecule has 2 aliphatic heterocycles. The number of ether oxygens (including phenoxy) is 1. The summed E-state index contributed by atoms with van der Waals surface area (Å²) in [5, 5.41) is 25.6. The largest absolute Gasteiger partial charge is 0.547 e. The fourth-order valence-corrected chi connectivity index (χ4v) is 4.43. The number of esters is 1. The summed E-state index contributed by atoms with van der Waals surface area (Å²) in [7, 11) is -1.45. The van der Waals surface area contributed by atoms with Crippen LogP contribution in [0, 0.1) is 0 Å². The first-order chi connectivity index (χ1) is 18.0. The average molecular weight is 532 g/mol. The molecule has 5 amide bonds. The zero-order chi connectivity index (χ0) is 28.0. The van der Waals surface area contributed by atoms with Gasteiger partial charge in [-0.3, -0.25) is 19.3 Å². The number of likely N-dealkylation sites (N-methyl/N-ethyl adjacent to an activating group) is 1. The molecule has 13 nitrogen and oxygen atoms in total. The van der Waals surface area contributed by atoms with Crippen LogP contribution in [0.2, 0.25) is 0 Å². The molecule has 1 aromatic rings. The molecule has 2 heterocycles. The third kappa shape index (κ3) is 6.81. The van der Waals surface area contributed by atoms with Crippen molar-refractivity contribution in [3.63, 3.8) is 0 Å². The van der Waals surface area contributed by atoms with E-state index in [0.717, 1.165) is 4.90 Å². The molecule has 0 spiro atoms. The topological polar surface area (TPSA) is 175 Å². The van der Waals surface area contributed by atoms with Crippen LogP contribution in [0.4, 0.5) is 4.79 Å². The van der Waals surface area contributed by atoms with E-state index in [2.05, 4.69) is 10.6 Å². The molecule has 1 unspecified atom stereocenters. The Morgan fingerprint density at radius 3 is 2.61 bits per heavy atom. The lowest BCUT2D eigenvalue weighted by atomic mass is 9.72. The van der Waals surface area contributed by atoms with Crippen LogP contribution in [0.5, 0.6) is 5.75 Å². The average Bonchev–Trinajstić information content (AvgIpc) is 2.85. The number of nitrogens with zero attached hydrogens (tertiary/aromatic N) is 2. The molecule has 14 heteroatoms. The number of carbonyl (C=O) groups excluding carboxylic acids is 5. The van der Waals surface area contributed by atoms with Gasteiger partial charge in [0.15, 0.2) is 0 Å². The Labute approximate surface area is 220 Å². The normalized spacial score (nSPS) is 18.8. The van der Waals surface area contributed by atoms with Gasteiger partial charge >= 0.3 is 30.9 Å². The van der Waals surface area contributed by atoms with E-state index < -0.39 is 54.9 Å². The summed E-state index contributed by atoms with van der Waals surface area (Å²) in [5.41, 5.74) is 0.759. The minimum Gasteiger partial charge on any atom is -0.534 e. The molecule has 3 atom stereocenters. The summed E-state index contributed by atoms with van der Waals surface area (Å²) >= 11 is 0. The molecule has 0 bridgehead atoms. The standard InChI is InChI=1S/C24H33BN4O9/c1-4-28-9-10-29(22(33)21(28)32)24(35)26-16(11-14(3)30)13-19(31)27-18-12-15-7-6-8-17(23(34)37-5-2)20(15)38-25(18)36/h6-8,14,16,18,30,36H,4-5,9-13H2,1-3H3,(H,26,35)(H,27,31)/t14-,16?,18+/m1/s1. The van der Waals surface area contributed by atoms with Crippen molar-refractivity contribution in [2.75, 3.05) is 26.2 Å². The van der Waals surface area contributed by atoms with E-state index in [1.165, 1.54) is 17.9 Å². The number of hydrogen-bond acceptors (Lipinski definition) is 9. The lowest BCUT2D eigenvalue weighted by Crippen LogP contribution is -2.59. The number of carbonyl (C=O) groups is 5. The molecule has 0 aromatic heterocycles. The van der Waals surface area contributed by atoms with Crippen molar-refractivity contribution in [3.8, 4) is 5.75 Å². The van der Waals surface area contributed by atoms with Crippen LogP contribution in [0.3, 0.4) is 0 Å². The first kappa shape index (κ1) is 28.9. The van der Waals surface area contributed by atoms with Crippen LogP contribution in [0.1, 0.15) is 49.5 Å². The van der Waals surface area contributed by atoms with Crippen molar-refractivity contribution in [2.24, 2.45) is 0 Å². The van der Waals surface area contributed by atoms with Crippen LogP contribution in [0.25, 0.3) is 0 Å². The maximum Gasteiger partial charge on any atom is 0.547 e. The van der Waals surface area contributed by atoms with Crippen LogP contribution in [0.15, 0.2) is 18.2 Å². The molecule has 4 N–H and O–H groups in total. The second-order valence-electron chi connectivity index (χ2n) is 9.18. The number of para-hydroxylation sites is 1. The molecule has 1 fully saturated rings. The number of imide groups is 1. The van der Waals surface area contributed by atoms with Gasteiger partial charge in [-0.15, -0.1) is 0 Å². The second kappa shape index (κ2) is 12.7. The van der Waals surface area contributed by atoms with E-state index in [1.54, 1.807) is 26.0 Å². The monoisotopic (exact) mass is 532 g/mol. The fraction of sp³-hybridized carbons (Fsp3) is 0.542. The molecule has 0 radical (unpaired) electrons. The molecule has 38 heavy (non-hydrogen) atoms. The van der Waals surface area contributed by atoms with Gasteiger partial charge in [0, 0.05) is 32.1 Å². The van der Waals surface area contributed by atoms with Gasteiger partial charge in [-0.05, 0) is 45.2 Å². The molecule has 1 saturated heterocycles. The van der Waals surface area contributed by atoms with Crippen molar-refractivity contribution in [3.05, 3.63) is 29.3 Å². The number of urea groups is 1. The van der Waals surface area contributed by atoms with Gasteiger partial charge in [-0.2, -0.15) is 0 Å². The molecule has 206 valence electrons. The summed E-state index contributed by atoms with van der Waals surface area (Å²) in [5.74, 6) is -3.54. The van der Waals surface area contributed by atoms with Crippen molar-refractivity contribution < 1.29 is 43.5 Å². The summed E-state index contributed by atoms with van der Waals surface area (Å²) < 4.78 is 10.6. The maximum absolute atomic E-state index is 12.9. The van der Waals surface area contributed by atoms with Gasteiger partial charge < -0.3 is 35.1 Å². The third-order valence-electron chi connectivity index (χ3n) is 6.28. The van der Waals surface area contributed by atoms with E-state index in [4.69, 9.17) is 9.39 Å². The first-order valence-corrected chi connectivity index (χ1v) is 12.6. The maximum atomic E-state index is 12.9. The Bertz CT molecular complexity index is 1080. The Morgan fingerprint density at radius 2 is 1.95 bits per heavy atom. The minimum atomic E-state index is -1.45. The number of piperazine rings is 1. The van der Waals surface area contributed by atoms with Crippen LogP contribution in [-0.2, 0) is 25.5 Å². The number of hydrogen-bond donors (Lipinski definition) is 4. The molecule has 2 aliphatic rings. The zero-order valence-corrected chi connectivity index (χ0v) is 21.6. The first-order valence-electron chi connectivity index (χ1n) is 12.6. The quantitative estimate of drug-likeness (QED) is 0.181. The summed E-state index contributed by atoms with van der Waals surface area (Å²) in [6.45, 7) is 5.62. The molecular weight excluding hydrogens is 499 g/mol. The predicted molar refractivity (Wildman–Crippen MR) is 134 cm³/mol. The minimum absolute atomic E-state index is 0.00563. The Balaban J connectivity index is 1.64. The molecular formula is C24H33BN4O9. The number of benzene rings is 1. The van der Waals surface area contributed by atoms with Gasteiger partial charge in [0.25, 0.3) is 0 Å². The highest BCUT2D eigenvalue weighted by Gasteiger charge is 2.39. The highest BCUT2D eigenvalue weighted by Crippen LogP contribution is 2.30. The number of aliphatic hydroxyl groups is 1. The molecule has 1 aromatic carbocycles. The molecule has 0 aliphatic carbocycles. The zero-order valence-electron chi connectivity index (χ0n) is 21.6. The summed E-state index contributed by atoms with van der Waals surface area (Å²) in [6, 6.07) is 3.17. The lowest BCUT2D eigenvalue weighted by molar-refractivity contribution is -0.153. The van der Waals surface area contributed by atoms with Gasteiger partial charge in [0.1, 0.15) is 11.3 Å².